The van der Waals surface area contributed by atoms with E-state index in [1.165, 1.54) is 0 Å². The summed E-state index contributed by atoms with van der Waals surface area (Å²) in [7, 11) is 1.81. The van der Waals surface area contributed by atoms with Crippen molar-refractivity contribution in [1.29, 1.82) is 0 Å². The maximum absolute atomic E-state index is 5.74. The fourth-order valence-corrected chi connectivity index (χ4v) is 2.12. The number of nitrogens with one attached hydrogen (secondary N) is 1. The van der Waals surface area contributed by atoms with Gasteiger partial charge in [0.15, 0.2) is 5.76 Å². The third kappa shape index (κ3) is 1.97. The van der Waals surface area contributed by atoms with Crippen LogP contribution in [0.2, 0.25) is 0 Å². The Morgan fingerprint density at radius 1 is 1.11 bits per heavy atom. The molecule has 4 nitrogen and oxygen atoms in total. The zero-order chi connectivity index (χ0) is 12.5. The van der Waals surface area contributed by atoms with Crippen molar-refractivity contribution in [1.82, 2.24) is 10.2 Å². The predicted molar refractivity (Wildman–Crippen MR) is 74.5 cm³/mol. The Labute approximate surface area is 112 Å². The van der Waals surface area contributed by atoms with Crippen LogP contribution in [0.25, 0.3) is 22.4 Å². The average molecular weight is 304 g/mol. The summed E-state index contributed by atoms with van der Waals surface area (Å²) in [6.45, 7) is 0. The quantitative estimate of drug-likeness (QED) is 0.784. The summed E-state index contributed by atoms with van der Waals surface area (Å²) < 4.78 is 6.77. The zero-order valence-electron chi connectivity index (χ0n) is 9.64. The third-order valence-corrected chi connectivity index (χ3v) is 3.14. The highest BCUT2D eigenvalue weighted by molar-refractivity contribution is 9.10. The SMILES string of the molecule is CNc1ccc(-c2cc3cc(Br)ccc3o2)nn1. The van der Waals surface area contributed by atoms with E-state index in [-0.39, 0.29) is 0 Å². The highest BCUT2D eigenvalue weighted by Crippen LogP contribution is 2.28. The monoisotopic (exact) mass is 303 g/mol. The van der Waals surface area contributed by atoms with Crippen molar-refractivity contribution >= 4 is 32.7 Å². The molecule has 3 aromatic rings. The highest BCUT2D eigenvalue weighted by Gasteiger charge is 2.08. The lowest BCUT2D eigenvalue weighted by Gasteiger charge is -1.97. The first-order chi connectivity index (χ1) is 8.76. The van der Waals surface area contributed by atoms with Gasteiger partial charge in [-0.15, -0.1) is 10.2 Å². The van der Waals surface area contributed by atoms with Crippen LogP contribution in [0.5, 0.6) is 0 Å². The van der Waals surface area contributed by atoms with Gasteiger partial charge in [-0.05, 0) is 36.4 Å². The van der Waals surface area contributed by atoms with Gasteiger partial charge in [0.05, 0.1) is 0 Å². The highest BCUT2D eigenvalue weighted by atomic mass is 79.9. The van der Waals surface area contributed by atoms with Crippen molar-refractivity contribution in [3.8, 4) is 11.5 Å². The van der Waals surface area contributed by atoms with Crippen LogP contribution in [0, 0.1) is 0 Å². The Balaban J connectivity index is 2.07. The number of halogens is 1. The van der Waals surface area contributed by atoms with Crippen molar-refractivity contribution in [2.45, 2.75) is 0 Å². The number of anilines is 1. The second-order valence-electron chi connectivity index (χ2n) is 3.85. The van der Waals surface area contributed by atoms with E-state index < -0.39 is 0 Å². The first-order valence-electron chi connectivity index (χ1n) is 5.47. The van der Waals surface area contributed by atoms with Crippen molar-refractivity contribution in [3.63, 3.8) is 0 Å². The molecule has 0 aliphatic rings. The Bertz CT molecular complexity index is 691. The van der Waals surface area contributed by atoms with E-state index >= 15 is 0 Å². The first-order valence-corrected chi connectivity index (χ1v) is 6.26. The molecule has 2 heterocycles. The van der Waals surface area contributed by atoms with Crippen molar-refractivity contribution in [3.05, 3.63) is 40.9 Å². The van der Waals surface area contributed by atoms with Gasteiger partial charge in [-0.1, -0.05) is 15.9 Å². The molecule has 0 aliphatic carbocycles. The maximum atomic E-state index is 5.74. The number of fused-ring (bicyclic) bond motifs is 1. The minimum Gasteiger partial charge on any atom is -0.454 e. The van der Waals surface area contributed by atoms with E-state index in [9.17, 15) is 0 Å². The second kappa shape index (κ2) is 4.42. The normalized spacial score (nSPS) is 10.8. The summed E-state index contributed by atoms with van der Waals surface area (Å²) in [4.78, 5) is 0. The molecule has 1 aromatic carbocycles. The number of rotatable bonds is 2. The molecule has 0 saturated carbocycles. The molecule has 0 radical (unpaired) electrons. The second-order valence-corrected chi connectivity index (χ2v) is 4.76. The predicted octanol–water partition coefficient (Wildman–Crippen LogP) is 3.69. The van der Waals surface area contributed by atoms with Gasteiger partial charge in [0.2, 0.25) is 0 Å². The Morgan fingerprint density at radius 3 is 2.72 bits per heavy atom. The molecule has 0 atom stereocenters. The molecule has 0 aliphatic heterocycles. The number of benzene rings is 1. The van der Waals surface area contributed by atoms with Crippen molar-refractivity contribution in [2.75, 3.05) is 12.4 Å². The minimum atomic E-state index is 0.721. The number of furan rings is 1. The fraction of sp³-hybridized carbons (Fsp3) is 0.0769. The van der Waals surface area contributed by atoms with Crippen LogP contribution in [-0.4, -0.2) is 17.2 Å². The zero-order valence-corrected chi connectivity index (χ0v) is 11.2. The Kier molecular flexibility index (Phi) is 2.76. The summed E-state index contributed by atoms with van der Waals surface area (Å²) in [6.07, 6.45) is 0. The molecule has 90 valence electrons. The molecule has 0 amide bonds. The summed E-state index contributed by atoms with van der Waals surface area (Å²) in [5.74, 6) is 1.45. The molecule has 2 aromatic heterocycles. The summed E-state index contributed by atoms with van der Waals surface area (Å²) in [6, 6.07) is 11.6. The van der Waals surface area contributed by atoms with Crippen LogP contribution in [0.1, 0.15) is 0 Å². The van der Waals surface area contributed by atoms with Gasteiger partial charge in [-0.25, -0.2) is 0 Å². The molecule has 0 fully saturated rings. The standard InChI is InChI=1S/C13H10BrN3O/c1-15-13-5-3-10(16-17-13)12-7-8-6-9(14)2-4-11(8)18-12/h2-7H,1H3,(H,15,17). The van der Waals surface area contributed by atoms with Crippen LogP contribution < -0.4 is 5.32 Å². The molecule has 5 heteroatoms. The molecule has 0 spiro atoms. The smallest absolute Gasteiger partial charge is 0.155 e. The summed E-state index contributed by atoms with van der Waals surface area (Å²) in [5.41, 5.74) is 1.56. The van der Waals surface area contributed by atoms with Crippen LogP contribution in [0.4, 0.5) is 5.82 Å². The van der Waals surface area contributed by atoms with Crippen molar-refractivity contribution < 1.29 is 4.42 Å². The Hall–Kier alpha value is -1.88. The lowest BCUT2D eigenvalue weighted by atomic mass is 10.2. The number of aromatic nitrogens is 2. The van der Waals surface area contributed by atoms with Crippen molar-refractivity contribution in [2.24, 2.45) is 0 Å². The molecule has 0 saturated heterocycles. The number of hydrogen-bond acceptors (Lipinski definition) is 4. The van der Waals surface area contributed by atoms with Crippen LogP contribution >= 0.6 is 15.9 Å². The van der Waals surface area contributed by atoms with E-state index in [0.29, 0.717) is 0 Å². The summed E-state index contributed by atoms with van der Waals surface area (Å²) in [5, 5.41) is 12.1. The molecular weight excluding hydrogens is 294 g/mol. The van der Waals surface area contributed by atoms with E-state index in [1.807, 2.05) is 43.4 Å². The van der Waals surface area contributed by atoms with Crippen LogP contribution in [-0.2, 0) is 0 Å². The minimum absolute atomic E-state index is 0.721. The molecule has 1 N–H and O–H groups in total. The van der Waals surface area contributed by atoms with E-state index in [1.54, 1.807) is 0 Å². The van der Waals surface area contributed by atoms with E-state index in [2.05, 4.69) is 31.4 Å². The Morgan fingerprint density at radius 2 is 2.00 bits per heavy atom. The number of hydrogen-bond donors (Lipinski definition) is 1. The lowest BCUT2D eigenvalue weighted by molar-refractivity contribution is 0.627. The van der Waals surface area contributed by atoms with Gasteiger partial charge < -0.3 is 9.73 Å². The average Bonchev–Trinajstić information content (AvgIpc) is 2.81. The maximum Gasteiger partial charge on any atom is 0.155 e. The largest absolute Gasteiger partial charge is 0.454 e. The molecule has 3 rings (SSSR count). The van der Waals surface area contributed by atoms with Gasteiger partial charge >= 0.3 is 0 Å². The first kappa shape index (κ1) is 11.2. The van der Waals surface area contributed by atoms with E-state index in [0.717, 1.165) is 32.7 Å². The molecule has 18 heavy (non-hydrogen) atoms. The summed E-state index contributed by atoms with van der Waals surface area (Å²) >= 11 is 3.44. The van der Waals surface area contributed by atoms with Gasteiger partial charge in [-0.2, -0.15) is 0 Å². The van der Waals surface area contributed by atoms with Gasteiger partial charge in [0.25, 0.3) is 0 Å². The van der Waals surface area contributed by atoms with Gasteiger partial charge in [0, 0.05) is 16.9 Å². The fourth-order valence-electron chi connectivity index (χ4n) is 1.74. The number of nitrogens with zero attached hydrogens (tertiary/aromatic N) is 2. The van der Waals surface area contributed by atoms with Crippen LogP contribution in [0.3, 0.4) is 0 Å². The van der Waals surface area contributed by atoms with Gasteiger partial charge in [-0.3, -0.25) is 0 Å². The molecule has 0 bridgehead atoms. The van der Waals surface area contributed by atoms with Crippen LogP contribution in [0.15, 0.2) is 45.3 Å². The molecule has 0 unspecified atom stereocenters. The lowest BCUT2D eigenvalue weighted by Crippen LogP contribution is -1.94. The molecular formula is C13H10BrN3O. The van der Waals surface area contributed by atoms with E-state index in [4.69, 9.17) is 4.42 Å². The topological polar surface area (TPSA) is 51.0 Å². The van der Waals surface area contributed by atoms with Gasteiger partial charge in [0.1, 0.15) is 17.1 Å². The third-order valence-electron chi connectivity index (χ3n) is 2.65.